The van der Waals surface area contributed by atoms with Crippen LogP contribution in [0.2, 0.25) is 0 Å². The van der Waals surface area contributed by atoms with Gasteiger partial charge in [0, 0.05) is 58.9 Å². The Morgan fingerprint density at radius 1 is 1.37 bits per heavy atom. The van der Waals surface area contributed by atoms with Crippen molar-refractivity contribution >= 4 is 5.91 Å². The van der Waals surface area contributed by atoms with Crippen LogP contribution in [0.25, 0.3) is 0 Å². The van der Waals surface area contributed by atoms with Crippen LogP contribution < -0.4 is 5.32 Å². The Hall–Kier alpha value is -1.47. The lowest BCUT2D eigenvalue weighted by Crippen LogP contribution is -2.46. The van der Waals surface area contributed by atoms with E-state index in [0.29, 0.717) is 13.0 Å². The highest BCUT2D eigenvalue weighted by Gasteiger charge is 2.13. The first-order valence-corrected chi connectivity index (χ1v) is 6.77. The Labute approximate surface area is 113 Å². The number of aryl methyl sites for hydroxylation is 1. The summed E-state index contributed by atoms with van der Waals surface area (Å²) >= 11 is 0. The largest absolute Gasteiger partial charge is 0.344 e. The molecule has 1 saturated heterocycles. The molecule has 1 amide bonds. The van der Waals surface area contributed by atoms with Gasteiger partial charge in [0.1, 0.15) is 0 Å². The number of hydrogen-bond donors (Lipinski definition) is 1. The summed E-state index contributed by atoms with van der Waals surface area (Å²) in [4.78, 5) is 16.1. The predicted octanol–water partition coefficient (Wildman–Crippen LogP) is -0.968. The van der Waals surface area contributed by atoms with E-state index in [1.165, 1.54) is 0 Å². The van der Waals surface area contributed by atoms with Crippen molar-refractivity contribution < 1.29 is 4.79 Å². The second kappa shape index (κ2) is 7.20. The SMILES string of the molecule is CN(CCN1CCNCC1)C(=O)CCn1ccnn1. The zero-order valence-electron chi connectivity index (χ0n) is 11.5. The molecule has 0 aromatic carbocycles. The van der Waals surface area contributed by atoms with Gasteiger partial charge in [0.25, 0.3) is 0 Å². The summed E-state index contributed by atoms with van der Waals surface area (Å²) in [5.41, 5.74) is 0. The van der Waals surface area contributed by atoms with Crippen molar-refractivity contribution in [2.75, 3.05) is 46.3 Å². The molecule has 0 saturated carbocycles. The van der Waals surface area contributed by atoms with Crippen LogP contribution >= 0.6 is 0 Å². The van der Waals surface area contributed by atoms with Gasteiger partial charge in [0.15, 0.2) is 0 Å². The van der Waals surface area contributed by atoms with Crippen LogP contribution in [0.3, 0.4) is 0 Å². The van der Waals surface area contributed by atoms with Gasteiger partial charge in [0.05, 0.1) is 12.7 Å². The van der Waals surface area contributed by atoms with E-state index in [2.05, 4.69) is 20.5 Å². The van der Waals surface area contributed by atoms with E-state index >= 15 is 0 Å². The van der Waals surface area contributed by atoms with Crippen molar-refractivity contribution in [1.29, 1.82) is 0 Å². The molecular weight excluding hydrogens is 244 g/mol. The average Bonchev–Trinajstić information content (AvgIpc) is 2.96. The van der Waals surface area contributed by atoms with Crippen LogP contribution in [-0.2, 0) is 11.3 Å². The fourth-order valence-electron chi connectivity index (χ4n) is 2.10. The van der Waals surface area contributed by atoms with Crippen LogP contribution in [-0.4, -0.2) is 77.0 Å². The van der Waals surface area contributed by atoms with E-state index in [9.17, 15) is 4.79 Å². The Kier molecular flexibility index (Phi) is 5.29. The molecule has 1 aliphatic rings. The van der Waals surface area contributed by atoms with E-state index in [0.717, 1.165) is 39.3 Å². The van der Waals surface area contributed by atoms with Crippen molar-refractivity contribution in [3.8, 4) is 0 Å². The van der Waals surface area contributed by atoms with Crippen LogP contribution in [0.15, 0.2) is 12.4 Å². The van der Waals surface area contributed by atoms with Gasteiger partial charge in [-0.15, -0.1) is 5.10 Å². The number of likely N-dealkylation sites (N-methyl/N-ethyl adjacent to an activating group) is 1. The first kappa shape index (κ1) is 14.0. The molecule has 1 N–H and O–H groups in total. The minimum Gasteiger partial charge on any atom is -0.344 e. The third kappa shape index (κ3) is 4.60. The Morgan fingerprint density at radius 3 is 2.84 bits per heavy atom. The van der Waals surface area contributed by atoms with Gasteiger partial charge in [-0.05, 0) is 0 Å². The molecule has 7 nitrogen and oxygen atoms in total. The van der Waals surface area contributed by atoms with Gasteiger partial charge in [-0.3, -0.25) is 14.4 Å². The fraction of sp³-hybridized carbons (Fsp3) is 0.750. The highest BCUT2D eigenvalue weighted by Crippen LogP contribution is 1.97. The Morgan fingerprint density at radius 2 is 2.16 bits per heavy atom. The fourth-order valence-corrected chi connectivity index (χ4v) is 2.10. The van der Waals surface area contributed by atoms with Crippen molar-refractivity contribution in [2.24, 2.45) is 0 Å². The minimum atomic E-state index is 0.158. The molecule has 0 bridgehead atoms. The molecule has 1 fully saturated rings. The van der Waals surface area contributed by atoms with Gasteiger partial charge in [-0.1, -0.05) is 5.21 Å². The molecule has 1 aromatic rings. The molecule has 0 atom stereocenters. The molecule has 1 aromatic heterocycles. The molecule has 0 spiro atoms. The van der Waals surface area contributed by atoms with Crippen LogP contribution in [0.5, 0.6) is 0 Å². The molecule has 1 aliphatic heterocycles. The van der Waals surface area contributed by atoms with Crippen LogP contribution in [0, 0.1) is 0 Å². The Balaban J connectivity index is 1.64. The average molecular weight is 266 g/mol. The highest BCUT2D eigenvalue weighted by atomic mass is 16.2. The van der Waals surface area contributed by atoms with Crippen molar-refractivity contribution in [1.82, 2.24) is 30.1 Å². The van der Waals surface area contributed by atoms with Crippen molar-refractivity contribution in [2.45, 2.75) is 13.0 Å². The summed E-state index contributed by atoms with van der Waals surface area (Å²) in [6.07, 6.45) is 3.87. The summed E-state index contributed by atoms with van der Waals surface area (Å²) in [6, 6.07) is 0. The van der Waals surface area contributed by atoms with Crippen LogP contribution in [0.1, 0.15) is 6.42 Å². The normalized spacial score (nSPS) is 16.5. The van der Waals surface area contributed by atoms with Gasteiger partial charge in [-0.2, -0.15) is 0 Å². The minimum absolute atomic E-state index is 0.158. The highest BCUT2D eigenvalue weighted by molar-refractivity contribution is 5.75. The summed E-state index contributed by atoms with van der Waals surface area (Å²) in [6.45, 7) is 6.57. The second-order valence-corrected chi connectivity index (χ2v) is 4.82. The maximum atomic E-state index is 11.9. The molecule has 0 unspecified atom stereocenters. The lowest BCUT2D eigenvalue weighted by atomic mass is 10.3. The van der Waals surface area contributed by atoms with E-state index in [-0.39, 0.29) is 5.91 Å². The number of rotatable bonds is 6. The first-order valence-electron chi connectivity index (χ1n) is 6.77. The lowest BCUT2D eigenvalue weighted by Gasteiger charge is -2.29. The van der Waals surface area contributed by atoms with Crippen LogP contribution in [0.4, 0.5) is 0 Å². The topological polar surface area (TPSA) is 66.3 Å². The number of nitrogens with zero attached hydrogens (tertiary/aromatic N) is 5. The lowest BCUT2D eigenvalue weighted by molar-refractivity contribution is -0.130. The van der Waals surface area contributed by atoms with Gasteiger partial charge in [0.2, 0.25) is 5.91 Å². The summed E-state index contributed by atoms with van der Waals surface area (Å²) in [5, 5.41) is 10.9. The van der Waals surface area contributed by atoms with Gasteiger partial charge < -0.3 is 10.2 Å². The second-order valence-electron chi connectivity index (χ2n) is 4.82. The van der Waals surface area contributed by atoms with Crippen molar-refractivity contribution in [3.05, 3.63) is 12.4 Å². The molecular formula is C12H22N6O. The molecule has 2 rings (SSSR count). The Bertz CT molecular complexity index is 374. The van der Waals surface area contributed by atoms with Crippen molar-refractivity contribution in [3.63, 3.8) is 0 Å². The summed E-state index contributed by atoms with van der Waals surface area (Å²) in [5.74, 6) is 0.158. The molecule has 0 radical (unpaired) electrons. The summed E-state index contributed by atoms with van der Waals surface area (Å²) < 4.78 is 1.68. The van der Waals surface area contributed by atoms with Gasteiger partial charge in [-0.25, -0.2) is 0 Å². The number of aromatic nitrogens is 3. The maximum Gasteiger partial charge on any atom is 0.224 e. The molecule has 7 heteroatoms. The van der Waals surface area contributed by atoms with Gasteiger partial charge >= 0.3 is 0 Å². The monoisotopic (exact) mass is 266 g/mol. The number of piperazine rings is 1. The number of carbonyl (C=O) groups is 1. The standard InChI is InChI=1S/C12H22N6O/c1-16(10-11-17-7-3-13-4-8-17)12(19)2-6-18-9-5-14-15-18/h5,9,13H,2-4,6-8,10-11H2,1H3. The van der Waals surface area contributed by atoms with E-state index < -0.39 is 0 Å². The maximum absolute atomic E-state index is 11.9. The van der Waals surface area contributed by atoms with E-state index in [1.54, 1.807) is 22.0 Å². The number of hydrogen-bond acceptors (Lipinski definition) is 5. The van der Waals surface area contributed by atoms with E-state index in [1.807, 2.05) is 7.05 Å². The van der Waals surface area contributed by atoms with E-state index in [4.69, 9.17) is 0 Å². The smallest absolute Gasteiger partial charge is 0.224 e. The third-order valence-electron chi connectivity index (χ3n) is 3.41. The predicted molar refractivity (Wildman–Crippen MR) is 71.6 cm³/mol. The number of nitrogens with one attached hydrogen (secondary N) is 1. The zero-order chi connectivity index (χ0) is 13.5. The molecule has 106 valence electrons. The molecule has 2 heterocycles. The number of carbonyl (C=O) groups excluding carboxylic acids is 1. The third-order valence-corrected chi connectivity index (χ3v) is 3.41. The summed E-state index contributed by atoms with van der Waals surface area (Å²) in [7, 11) is 1.87. The first-order chi connectivity index (χ1) is 9.25. The quantitative estimate of drug-likeness (QED) is 0.718. The molecule has 19 heavy (non-hydrogen) atoms. The number of amides is 1. The zero-order valence-corrected chi connectivity index (χ0v) is 11.5. The molecule has 0 aliphatic carbocycles.